The zero-order chi connectivity index (χ0) is 20.9. The largest absolute Gasteiger partial charge is 2.00 e. The van der Waals surface area contributed by atoms with Gasteiger partial charge in [0.15, 0.2) is 0 Å². The van der Waals surface area contributed by atoms with E-state index in [1.807, 2.05) is 0 Å². The van der Waals surface area contributed by atoms with Crippen molar-refractivity contribution >= 4 is 31.1 Å². The van der Waals surface area contributed by atoms with Crippen LogP contribution in [0.5, 0.6) is 0 Å². The fourth-order valence-electron chi connectivity index (χ4n) is 3.48. The molecule has 0 amide bonds. The molecular weight excluding hydrogens is 456 g/mol. The Bertz CT molecular complexity index is 803. The van der Waals surface area contributed by atoms with Gasteiger partial charge in [0.2, 0.25) is 0 Å². The van der Waals surface area contributed by atoms with Crippen LogP contribution in [0.1, 0.15) is 50.7 Å². The maximum absolute atomic E-state index is 2.31. The minimum atomic E-state index is 0. The first-order valence-electron chi connectivity index (χ1n) is 11.1. The van der Waals surface area contributed by atoms with Crippen LogP contribution in [-0.4, -0.2) is 9.52 Å². The van der Waals surface area contributed by atoms with Gasteiger partial charge in [-0.1, -0.05) is 64.8 Å². The van der Waals surface area contributed by atoms with Crippen molar-refractivity contribution in [3.8, 4) is 0 Å². The van der Waals surface area contributed by atoms with E-state index < -0.39 is 0 Å². The molecule has 0 unspecified atom stereocenters. The van der Waals surface area contributed by atoms with Crippen molar-refractivity contribution in [2.45, 2.75) is 65.5 Å². The Labute approximate surface area is 205 Å². The van der Waals surface area contributed by atoms with E-state index in [1.54, 1.807) is 0 Å². The molecule has 0 nitrogen and oxygen atoms in total. The standard InChI is InChI=1S/2C13H15.C2H6Si.Zr/c2*1-2-3-6-11-9-12-7-4-5-8-13(12)10-11;1-3-2;/h2*4-5,7-10H,2-3,6H2,1H3;1-2H3;/q2*-1;;+2. The van der Waals surface area contributed by atoms with Gasteiger partial charge in [-0.05, 0) is 12.8 Å². The summed E-state index contributed by atoms with van der Waals surface area (Å²) in [6.07, 6.45) is 7.62. The number of hydrogen-bond acceptors (Lipinski definition) is 0. The molecule has 156 valence electrons. The second-order valence-electron chi connectivity index (χ2n) is 7.69. The fraction of sp³-hybridized carbons (Fsp3) is 0.357. The molecule has 30 heavy (non-hydrogen) atoms. The Morgan fingerprint density at radius 1 is 0.667 bits per heavy atom. The fourth-order valence-corrected chi connectivity index (χ4v) is 3.48. The second kappa shape index (κ2) is 15.5. The van der Waals surface area contributed by atoms with Crippen LogP contribution in [0, 0.1) is 0 Å². The summed E-state index contributed by atoms with van der Waals surface area (Å²) in [5, 5.41) is 5.53. The Balaban J connectivity index is 0.000000258. The summed E-state index contributed by atoms with van der Waals surface area (Å²) in [6, 6.07) is 26.4. The van der Waals surface area contributed by atoms with Crippen molar-refractivity contribution < 1.29 is 26.2 Å². The molecule has 0 saturated carbocycles. The summed E-state index contributed by atoms with van der Waals surface area (Å²) in [5.74, 6) is 0. The van der Waals surface area contributed by atoms with Crippen LogP contribution in [0.25, 0.3) is 21.5 Å². The summed E-state index contributed by atoms with van der Waals surface area (Å²) in [4.78, 5) is 0. The monoisotopic (exact) mass is 490 g/mol. The van der Waals surface area contributed by atoms with Crippen molar-refractivity contribution in [2.24, 2.45) is 0 Å². The smallest absolute Gasteiger partial charge is 0.165 e. The summed E-state index contributed by atoms with van der Waals surface area (Å²) in [7, 11) is 1.08. The van der Waals surface area contributed by atoms with Crippen molar-refractivity contribution in [3.63, 3.8) is 0 Å². The summed E-state index contributed by atoms with van der Waals surface area (Å²) < 4.78 is 0. The zero-order valence-corrected chi connectivity index (χ0v) is 22.6. The van der Waals surface area contributed by atoms with Crippen LogP contribution in [0.3, 0.4) is 0 Å². The normalized spacial score (nSPS) is 10.0. The van der Waals surface area contributed by atoms with Crippen LogP contribution in [0.15, 0.2) is 72.8 Å². The molecule has 0 aliphatic heterocycles. The number of unbranched alkanes of at least 4 members (excludes halogenated alkanes) is 2. The number of fused-ring (bicyclic) bond motifs is 2. The van der Waals surface area contributed by atoms with E-state index in [4.69, 9.17) is 0 Å². The van der Waals surface area contributed by atoms with Gasteiger partial charge in [-0.15, -0.1) is 81.2 Å². The molecule has 0 atom stereocenters. The molecular formula is C28H36SiZr. The van der Waals surface area contributed by atoms with E-state index in [-0.39, 0.29) is 26.2 Å². The third-order valence-corrected chi connectivity index (χ3v) is 4.99. The van der Waals surface area contributed by atoms with Crippen LogP contribution < -0.4 is 0 Å². The molecule has 4 aromatic rings. The van der Waals surface area contributed by atoms with E-state index in [9.17, 15) is 0 Å². The molecule has 2 radical (unpaired) electrons. The van der Waals surface area contributed by atoms with E-state index in [1.165, 1.54) is 71.2 Å². The second-order valence-corrected chi connectivity index (χ2v) is 8.69. The Morgan fingerprint density at radius 3 is 1.37 bits per heavy atom. The average Bonchev–Trinajstić information content (AvgIpc) is 3.35. The van der Waals surface area contributed by atoms with E-state index in [0.29, 0.717) is 0 Å². The van der Waals surface area contributed by atoms with Gasteiger partial charge in [-0.3, -0.25) is 0 Å². The molecule has 2 heteroatoms. The van der Waals surface area contributed by atoms with Gasteiger partial charge in [0.25, 0.3) is 0 Å². The molecule has 0 aliphatic carbocycles. The predicted octanol–water partition coefficient (Wildman–Crippen LogP) is 8.59. The van der Waals surface area contributed by atoms with Gasteiger partial charge in [0.05, 0.1) is 0 Å². The van der Waals surface area contributed by atoms with Gasteiger partial charge < -0.3 is 0 Å². The number of rotatable bonds is 6. The Morgan fingerprint density at radius 2 is 1.03 bits per heavy atom. The first-order valence-corrected chi connectivity index (χ1v) is 13.1. The SMILES string of the molecule is CCCCc1cc2ccccc2[cH-]1.CCCCc1cc2ccccc2[cH-]1.C[Si]C.[Zr+2]. The quantitative estimate of drug-likeness (QED) is 0.187. The minimum absolute atomic E-state index is 0. The minimum Gasteiger partial charge on any atom is -0.165 e. The summed E-state index contributed by atoms with van der Waals surface area (Å²) in [5.41, 5.74) is 2.98. The number of benzene rings is 2. The molecule has 0 heterocycles. The predicted molar refractivity (Wildman–Crippen MR) is 134 cm³/mol. The van der Waals surface area contributed by atoms with Gasteiger partial charge in [-0.25, -0.2) is 0 Å². The zero-order valence-electron chi connectivity index (χ0n) is 19.2. The average molecular weight is 492 g/mol. The first-order chi connectivity index (χ1) is 14.2. The Hall–Kier alpha value is -1.24. The third-order valence-electron chi connectivity index (χ3n) is 4.99. The van der Waals surface area contributed by atoms with Gasteiger partial charge >= 0.3 is 26.2 Å². The van der Waals surface area contributed by atoms with Crippen LogP contribution in [-0.2, 0) is 39.0 Å². The molecule has 4 aromatic carbocycles. The van der Waals surface area contributed by atoms with Crippen molar-refractivity contribution in [2.75, 3.05) is 0 Å². The van der Waals surface area contributed by atoms with Crippen molar-refractivity contribution in [3.05, 3.63) is 83.9 Å². The molecule has 0 aliphatic rings. The number of hydrogen-bond donors (Lipinski definition) is 0. The third kappa shape index (κ3) is 8.86. The molecule has 0 N–H and O–H groups in total. The number of aryl methyl sites for hydroxylation is 2. The summed E-state index contributed by atoms with van der Waals surface area (Å²) >= 11 is 0. The molecule has 0 aromatic heterocycles. The topological polar surface area (TPSA) is 0 Å². The van der Waals surface area contributed by atoms with E-state index in [0.717, 1.165) is 9.52 Å². The molecule has 0 fully saturated rings. The van der Waals surface area contributed by atoms with Crippen LogP contribution in [0.2, 0.25) is 13.1 Å². The van der Waals surface area contributed by atoms with Gasteiger partial charge in [0, 0.05) is 9.52 Å². The van der Waals surface area contributed by atoms with Crippen molar-refractivity contribution in [1.29, 1.82) is 0 Å². The maximum Gasteiger partial charge on any atom is 2.00 e. The van der Waals surface area contributed by atoms with E-state index in [2.05, 4.69) is 99.7 Å². The molecule has 4 rings (SSSR count). The summed E-state index contributed by atoms with van der Waals surface area (Å²) in [6.45, 7) is 8.78. The maximum atomic E-state index is 2.31. The van der Waals surface area contributed by atoms with Crippen LogP contribution >= 0.6 is 0 Å². The van der Waals surface area contributed by atoms with Gasteiger partial charge in [-0.2, -0.15) is 12.1 Å². The van der Waals surface area contributed by atoms with Crippen molar-refractivity contribution in [1.82, 2.24) is 0 Å². The molecule has 0 spiro atoms. The first kappa shape index (κ1) is 26.8. The van der Waals surface area contributed by atoms with E-state index >= 15 is 0 Å². The van der Waals surface area contributed by atoms with Crippen LogP contribution in [0.4, 0.5) is 0 Å². The molecule has 0 saturated heterocycles. The van der Waals surface area contributed by atoms with Gasteiger partial charge in [0.1, 0.15) is 0 Å². The Kier molecular flexibility index (Phi) is 13.9. The molecule has 0 bridgehead atoms.